The Hall–Kier alpha value is -2.71. The highest BCUT2D eigenvalue weighted by molar-refractivity contribution is 5.97. The number of nitrogens with zero attached hydrogens (tertiary/aromatic N) is 2. The van der Waals surface area contributed by atoms with Crippen LogP contribution in [0.1, 0.15) is 19.1 Å². The Morgan fingerprint density at radius 1 is 1.23 bits per heavy atom. The fourth-order valence-corrected chi connectivity index (χ4v) is 3.58. The highest BCUT2D eigenvalue weighted by atomic mass is 19.1. The van der Waals surface area contributed by atoms with Gasteiger partial charge in [0, 0.05) is 30.9 Å². The Morgan fingerprint density at radius 3 is 2.77 bits per heavy atom. The number of likely N-dealkylation sites (tertiary alicyclic amines) is 1. The van der Waals surface area contributed by atoms with Gasteiger partial charge in [-0.05, 0) is 50.6 Å². The van der Waals surface area contributed by atoms with E-state index in [0.717, 1.165) is 35.3 Å². The van der Waals surface area contributed by atoms with Gasteiger partial charge >= 0.3 is 0 Å². The van der Waals surface area contributed by atoms with Crippen LogP contribution in [0.25, 0.3) is 16.7 Å². The molecule has 0 bridgehead atoms. The number of furan rings is 1. The zero-order valence-electron chi connectivity index (χ0n) is 15.0. The lowest BCUT2D eigenvalue weighted by Crippen LogP contribution is -2.46. The van der Waals surface area contributed by atoms with Crippen LogP contribution in [-0.4, -0.2) is 41.8 Å². The Bertz CT molecular complexity index is 964. The highest BCUT2D eigenvalue weighted by Gasteiger charge is 2.28. The standard InChI is InChI=1S/C21H22FN3O/c1-3-7-19-20(25-11-4-5-12-25)15-8-6-9-18(21(15)26-19)23-17-10-13-24(2)14-16(17)22/h4-6,8-9,11-12,16-17,23H,10,13-14H2,1-2H3/t16-,17-/m1/s1. The maximum atomic E-state index is 14.5. The third kappa shape index (κ3) is 2.97. The van der Waals surface area contributed by atoms with Crippen LogP contribution in [0, 0.1) is 11.8 Å². The molecular weight excluding hydrogens is 329 g/mol. The quantitative estimate of drug-likeness (QED) is 0.723. The molecule has 0 unspecified atom stereocenters. The lowest BCUT2D eigenvalue weighted by Gasteiger charge is -2.33. The van der Waals surface area contributed by atoms with Gasteiger partial charge in [0.15, 0.2) is 5.58 Å². The summed E-state index contributed by atoms with van der Waals surface area (Å²) in [4.78, 5) is 2.02. The second-order valence-electron chi connectivity index (χ2n) is 6.75. The van der Waals surface area contributed by atoms with Crippen LogP contribution in [-0.2, 0) is 0 Å². The largest absolute Gasteiger partial charge is 0.443 e. The third-order valence-corrected chi connectivity index (χ3v) is 4.88. The SMILES string of the molecule is CC#Cc1oc2c(N[C@@H]3CCN(C)C[C@H]3F)cccc2c1-n1cccc1. The maximum Gasteiger partial charge on any atom is 0.202 e. The molecule has 26 heavy (non-hydrogen) atoms. The molecule has 0 aliphatic carbocycles. The number of piperidine rings is 1. The fraction of sp³-hybridized carbons (Fsp3) is 0.333. The van der Waals surface area contributed by atoms with E-state index in [9.17, 15) is 4.39 Å². The second-order valence-corrected chi connectivity index (χ2v) is 6.75. The molecular formula is C21H22FN3O. The minimum atomic E-state index is -0.905. The highest BCUT2D eigenvalue weighted by Crippen LogP contribution is 2.34. The van der Waals surface area contributed by atoms with E-state index in [1.165, 1.54) is 0 Å². The number of benzene rings is 1. The molecule has 1 aliphatic heterocycles. The van der Waals surface area contributed by atoms with Gasteiger partial charge in [-0.25, -0.2) is 4.39 Å². The van der Waals surface area contributed by atoms with E-state index in [2.05, 4.69) is 17.2 Å². The van der Waals surface area contributed by atoms with Crippen LogP contribution < -0.4 is 5.32 Å². The summed E-state index contributed by atoms with van der Waals surface area (Å²) >= 11 is 0. The van der Waals surface area contributed by atoms with Crippen molar-refractivity contribution in [1.82, 2.24) is 9.47 Å². The van der Waals surface area contributed by atoms with Gasteiger partial charge in [0.2, 0.25) is 5.76 Å². The van der Waals surface area contributed by atoms with Gasteiger partial charge in [-0.15, -0.1) is 0 Å². The molecule has 3 heterocycles. The van der Waals surface area contributed by atoms with Crippen molar-refractivity contribution in [2.75, 3.05) is 25.5 Å². The molecule has 1 N–H and O–H groups in total. The fourth-order valence-electron chi connectivity index (χ4n) is 3.58. The number of nitrogens with one attached hydrogen (secondary N) is 1. The summed E-state index contributed by atoms with van der Waals surface area (Å²) in [5.74, 6) is 6.59. The molecule has 1 saturated heterocycles. The Balaban J connectivity index is 1.77. The summed E-state index contributed by atoms with van der Waals surface area (Å²) in [7, 11) is 1.95. The number of anilines is 1. The van der Waals surface area contributed by atoms with E-state index >= 15 is 0 Å². The Kier molecular flexibility index (Phi) is 4.44. The van der Waals surface area contributed by atoms with Crippen molar-refractivity contribution in [3.8, 4) is 17.5 Å². The van der Waals surface area contributed by atoms with E-state index in [4.69, 9.17) is 4.42 Å². The topological polar surface area (TPSA) is 33.3 Å². The summed E-state index contributed by atoms with van der Waals surface area (Å²) in [6.07, 6.45) is 3.80. The molecule has 2 atom stereocenters. The molecule has 4 rings (SSSR count). The van der Waals surface area contributed by atoms with Crippen molar-refractivity contribution >= 4 is 16.7 Å². The van der Waals surface area contributed by atoms with Gasteiger partial charge in [0.25, 0.3) is 0 Å². The molecule has 4 nitrogen and oxygen atoms in total. The zero-order valence-corrected chi connectivity index (χ0v) is 15.0. The molecule has 2 aromatic heterocycles. The lowest BCUT2D eigenvalue weighted by molar-refractivity contribution is 0.149. The van der Waals surface area contributed by atoms with Gasteiger partial charge in [0.05, 0.1) is 11.7 Å². The summed E-state index contributed by atoms with van der Waals surface area (Å²) in [6.45, 7) is 3.12. The number of halogens is 1. The van der Waals surface area contributed by atoms with Gasteiger partial charge < -0.3 is 19.2 Å². The molecule has 1 aliphatic rings. The monoisotopic (exact) mass is 351 g/mol. The lowest BCUT2D eigenvalue weighted by atomic mass is 10.0. The summed E-state index contributed by atoms with van der Waals surface area (Å²) in [5, 5.41) is 4.33. The molecule has 1 fully saturated rings. The molecule has 0 radical (unpaired) electrons. The molecule has 0 saturated carbocycles. The molecule has 3 aromatic rings. The summed E-state index contributed by atoms with van der Waals surface area (Å²) < 4.78 is 22.6. The van der Waals surface area contributed by atoms with Crippen LogP contribution in [0.3, 0.4) is 0 Å². The van der Waals surface area contributed by atoms with Gasteiger partial charge in [0.1, 0.15) is 11.9 Å². The normalized spacial score (nSPS) is 20.7. The van der Waals surface area contributed by atoms with Crippen molar-refractivity contribution < 1.29 is 8.81 Å². The first-order valence-electron chi connectivity index (χ1n) is 8.88. The number of para-hydroxylation sites is 1. The van der Waals surface area contributed by atoms with E-state index < -0.39 is 6.17 Å². The summed E-state index contributed by atoms with van der Waals surface area (Å²) in [6, 6.07) is 9.66. The number of alkyl halides is 1. The molecule has 1 aromatic carbocycles. The van der Waals surface area contributed by atoms with Crippen molar-refractivity contribution in [3.63, 3.8) is 0 Å². The predicted octanol–water partition coefficient (Wildman–Crippen LogP) is 4.05. The summed E-state index contributed by atoms with van der Waals surface area (Å²) in [5.41, 5.74) is 2.46. The van der Waals surface area contributed by atoms with E-state index in [0.29, 0.717) is 12.3 Å². The molecule has 0 spiro atoms. The number of aromatic nitrogens is 1. The first-order chi connectivity index (χ1) is 12.7. The molecule has 0 amide bonds. The average Bonchev–Trinajstić information content (AvgIpc) is 3.25. The number of rotatable bonds is 3. The van der Waals surface area contributed by atoms with Crippen molar-refractivity contribution in [2.24, 2.45) is 0 Å². The van der Waals surface area contributed by atoms with E-state index in [1.807, 2.05) is 59.2 Å². The smallest absolute Gasteiger partial charge is 0.202 e. The first kappa shape index (κ1) is 16.7. The predicted molar refractivity (Wildman–Crippen MR) is 103 cm³/mol. The Labute approximate surface area is 152 Å². The van der Waals surface area contributed by atoms with Gasteiger partial charge in [-0.1, -0.05) is 12.0 Å². The number of fused-ring (bicyclic) bond motifs is 1. The van der Waals surface area contributed by atoms with Crippen LogP contribution in [0.2, 0.25) is 0 Å². The average molecular weight is 351 g/mol. The van der Waals surface area contributed by atoms with E-state index in [-0.39, 0.29) is 6.04 Å². The first-order valence-corrected chi connectivity index (χ1v) is 8.88. The van der Waals surface area contributed by atoms with Gasteiger partial charge in [-0.3, -0.25) is 0 Å². The molecule has 134 valence electrons. The van der Waals surface area contributed by atoms with Crippen LogP contribution in [0.15, 0.2) is 47.1 Å². The third-order valence-electron chi connectivity index (χ3n) is 4.88. The van der Waals surface area contributed by atoms with Crippen molar-refractivity contribution in [3.05, 3.63) is 48.5 Å². The number of hydrogen-bond donors (Lipinski definition) is 1. The van der Waals surface area contributed by atoms with Crippen LogP contribution in [0.5, 0.6) is 0 Å². The zero-order chi connectivity index (χ0) is 18.1. The minimum Gasteiger partial charge on any atom is -0.443 e. The maximum absolute atomic E-state index is 14.5. The van der Waals surface area contributed by atoms with Crippen molar-refractivity contribution in [2.45, 2.75) is 25.6 Å². The molecule has 5 heteroatoms. The van der Waals surface area contributed by atoms with Crippen molar-refractivity contribution in [1.29, 1.82) is 0 Å². The van der Waals surface area contributed by atoms with Crippen LogP contribution in [0.4, 0.5) is 10.1 Å². The van der Waals surface area contributed by atoms with E-state index in [1.54, 1.807) is 6.92 Å². The Morgan fingerprint density at radius 2 is 2.04 bits per heavy atom. The van der Waals surface area contributed by atoms with Gasteiger partial charge in [-0.2, -0.15) is 0 Å². The number of hydrogen-bond acceptors (Lipinski definition) is 3. The second kappa shape index (κ2) is 6.89. The minimum absolute atomic E-state index is 0.211. The van der Waals surface area contributed by atoms with Crippen LogP contribution >= 0.6 is 0 Å².